The lowest BCUT2D eigenvalue weighted by Crippen LogP contribution is -1.99. The van der Waals surface area contributed by atoms with E-state index in [0.29, 0.717) is 27.5 Å². The molecule has 108 valence electrons. The second kappa shape index (κ2) is 6.70. The van der Waals surface area contributed by atoms with Gasteiger partial charge in [0.05, 0.1) is 23.7 Å². The van der Waals surface area contributed by atoms with Crippen molar-refractivity contribution >= 4 is 29.1 Å². The highest BCUT2D eigenvalue weighted by molar-refractivity contribution is 8.00. The number of thiazole rings is 1. The normalized spacial score (nSPS) is 10.3. The zero-order valence-corrected chi connectivity index (χ0v) is 12.7. The molecule has 0 saturated heterocycles. The Morgan fingerprint density at radius 3 is 3.00 bits per heavy atom. The predicted molar refractivity (Wildman–Crippen MR) is 78.9 cm³/mol. The van der Waals surface area contributed by atoms with Gasteiger partial charge in [-0.3, -0.25) is 4.79 Å². The Kier molecular flexibility index (Phi) is 4.94. The van der Waals surface area contributed by atoms with Crippen molar-refractivity contribution < 1.29 is 14.3 Å². The van der Waals surface area contributed by atoms with Crippen LogP contribution in [0.1, 0.15) is 21.7 Å². The highest BCUT2D eigenvalue weighted by Crippen LogP contribution is 2.30. The van der Waals surface area contributed by atoms with Crippen LogP contribution in [0.25, 0.3) is 0 Å². The molecule has 0 amide bonds. The number of benzene rings is 1. The molecule has 7 heteroatoms. The lowest BCUT2D eigenvalue weighted by Gasteiger charge is -2.02. The summed E-state index contributed by atoms with van der Waals surface area (Å²) < 4.78 is 13.9. The Labute approximate surface area is 129 Å². The molecule has 2 aromatic rings. The Morgan fingerprint density at radius 1 is 1.57 bits per heavy atom. The minimum Gasteiger partial charge on any atom is -0.481 e. The number of hydrogen-bond acceptors (Lipinski definition) is 5. The van der Waals surface area contributed by atoms with Crippen LogP contribution in [-0.4, -0.2) is 16.1 Å². The van der Waals surface area contributed by atoms with Crippen molar-refractivity contribution in [1.29, 1.82) is 5.26 Å². The van der Waals surface area contributed by atoms with Gasteiger partial charge in [0.1, 0.15) is 5.82 Å². The summed E-state index contributed by atoms with van der Waals surface area (Å²) in [4.78, 5) is 15.7. The molecule has 0 radical (unpaired) electrons. The number of carbonyl (C=O) groups is 1. The Bertz CT molecular complexity index is 722. The molecule has 0 aliphatic heterocycles. The zero-order chi connectivity index (χ0) is 15.4. The van der Waals surface area contributed by atoms with Crippen LogP contribution in [0.4, 0.5) is 4.39 Å². The van der Waals surface area contributed by atoms with E-state index in [1.807, 2.05) is 6.07 Å². The molecule has 0 fully saturated rings. The molecule has 1 aromatic heterocycles. The number of nitrogens with zero attached hydrogens (tertiary/aromatic N) is 2. The fourth-order valence-electron chi connectivity index (χ4n) is 1.69. The first-order chi connectivity index (χ1) is 9.99. The standard InChI is InChI=1S/C14H11FN2O2S2/c1-8-12(5-13(18)19)21-14(17-8)20-7-10-4-11(15)3-2-9(10)6-16/h2-4H,5,7H2,1H3,(H,18,19). The molecule has 0 aliphatic carbocycles. The number of nitriles is 1. The molecular formula is C14H11FN2O2S2. The van der Waals surface area contributed by atoms with Gasteiger partial charge in [-0.05, 0) is 30.7 Å². The number of aryl methyl sites for hydroxylation is 1. The summed E-state index contributed by atoms with van der Waals surface area (Å²) in [5.41, 5.74) is 1.74. The van der Waals surface area contributed by atoms with Crippen LogP contribution >= 0.6 is 23.1 Å². The summed E-state index contributed by atoms with van der Waals surface area (Å²) in [5, 5.41) is 17.8. The van der Waals surface area contributed by atoms with Crippen LogP contribution in [0, 0.1) is 24.1 Å². The SMILES string of the molecule is Cc1nc(SCc2cc(F)ccc2C#N)sc1CC(=O)O. The fraction of sp³-hybridized carbons (Fsp3) is 0.214. The monoisotopic (exact) mass is 322 g/mol. The Balaban J connectivity index is 2.12. The average molecular weight is 322 g/mol. The van der Waals surface area contributed by atoms with E-state index in [9.17, 15) is 9.18 Å². The second-order valence-electron chi connectivity index (χ2n) is 4.26. The minimum absolute atomic E-state index is 0.0481. The molecule has 0 atom stereocenters. The van der Waals surface area contributed by atoms with Gasteiger partial charge in [0.25, 0.3) is 0 Å². The largest absolute Gasteiger partial charge is 0.481 e. The van der Waals surface area contributed by atoms with Crippen molar-refractivity contribution in [3.63, 3.8) is 0 Å². The molecule has 4 nitrogen and oxygen atoms in total. The van der Waals surface area contributed by atoms with Gasteiger partial charge in [-0.1, -0.05) is 11.8 Å². The number of halogens is 1. The number of aromatic nitrogens is 1. The summed E-state index contributed by atoms with van der Waals surface area (Å²) in [6, 6.07) is 6.07. The van der Waals surface area contributed by atoms with Crippen molar-refractivity contribution in [1.82, 2.24) is 4.98 Å². The van der Waals surface area contributed by atoms with Crippen LogP contribution < -0.4 is 0 Å². The topological polar surface area (TPSA) is 74.0 Å². The summed E-state index contributed by atoms with van der Waals surface area (Å²) in [6.07, 6.45) is -0.0481. The summed E-state index contributed by atoms with van der Waals surface area (Å²) in [5.74, 6) is -0.859. The highest BCUT2D eigenvalue weighted by Gasteiger charge is 2.12. The zero-order valence-electron chi connectivity index (χ0n) is 11.1. The van der Waals surface area contributed by atoms with Crippen molar-refractivity contribution in [2.45, 2.75) is 23.4 Å². The average Bonchev–Trinajstić information content (AvgIpc) is 2.76. The number of carboxylic acid groups (broad SMARTS) is 1. The van der Waals surface area contributed by atoms with Crippen molar-refractivity contribution in [3.05, 3.63) is 45.7 Å². The van der Waals surface area contributed by atoms with Crippen molar-refractivity contribution in [3.8, 4) is 6.07 Å². The van der Waals surface area contributed by atoms with Gasteiger partial charge >= 0.3 is 5.97 Å². The molecule has 0 unspecified atom stereocenters. The van der Waals surface area contributed by atoms with E-state index < -0.39 is 5.97 Å². The summed E-state index contributed by atoms with van der Waals surface area (Å²) in [6.45, 7) is 1.77. The molecular weight excluding hydrogens is 311 g/mol. The van der Waals surface area contributed by atoms with Crippen molar-refractivity contribution in [2.24, 2.45) is 0 Å². The molecule has 0 spiro atoms. The number of aliphatic carboxylic acids is 1. The van der Waals surface area contributed by atoms with Crippen LogP contribution in [0.3, 0.4) is 0 Å². The minimum atomic E-state index is -0.893. The second-order valence-corrected chi connectivity index (χ2v) is 6.57. The van der Waals surface area contributed by atoms with Gasteiger partial charge in [-0.2, -0.15) is 5.26 Å². The lowest BCUT2D eigenvalue weighted by atomic mass is 10.1. The van der Waals surface area contributed by atoms with Gasteiger partial charge in [0.15, 0.2) is 4.34 Å². The molecule has 2 rings (SSSR count). The third-order valence-electron chi connectivity index (χ3n) is 2.72. The van der Waals surface area contributed by atoms with Gasteiger partial charge < -0.3 is 5.11 Å². The number of carboxylic acids is 1. The lowest BCUT2D eigenvalue weighted by molar-refractivity contribution is -0.136. The summed E-state index contributed by atoms with van der Waals surface area (Å²) >= 11 is 2.69. The maximum atomic E-state index is 13.2. The van der Waals surface area contributed by atoms with Crippen LogP contribution in [0.2, 0.25) is 0 Å². The van der Waals surface area contributed by atoms with Crippen molar-refractivity contribution in [2.75, 3.05) is 0 Å². The Morgan fingerprint density at radius 2 is 2.33 bits per heavy atom. The van der Waals surface area contributed by atoms with E-state index in [1.54, 1.807) is 6.92 Å². The summed E-state index contributed by atoms with van der Waals surface area (Å²) in [7, 11) is 0. The van der Waals surface area contributed by atoms with Gasteiger partial charge in [0, 0.05) is 10.6 Å². The third-order valence-corrected chi connectivity index (χ3v) is 5.07. The Hall–Kier alpha value is -1.91. The van der Waals surface area contributed by atoms with Crippen LogP contribution in [-0.2, 0) is 17.0 Å². The molecule has 1 aromatic carbocycles. The van der Waals surface area contributed by atoms with Crippen LogP contribution in [0.5, 0.6) is 0 Å². The van der Waals surface area contributed by atoms with E-state index in [4.69, 9.17) is 10.4 Å². The molecule has 0 aliphatic rings. The first-order valence-electron chi connectivity index (χ1n) is 5.99. The molecule has 1 heterocycles. The maximum Gasteiger partial charge on any atom is 0.308 e. The molecule has 0 bridgehead atoms. The van der Waals surface area contributed by atoms with E-state index in [1.165, 1.54) is 41.3 Å². The van der Waals surface area contributed by atoms with E-state index in [-0.39, 0.29) is 12.2 Å². The number of hydrogen-bond donors (Lipinski definition) is 1. The van der Waals surface area contributed by atoms with E-state index in [0.717, 1.165) is 4.34 Å². The number of thioether (sulfide) groups is 1. The third kappa shape index (κ3) is 4.03. The first-order valence-corrected chi connectivity index (χ1v) is 7.79. The molecule has 0 saturated carbocycles. The molecule has 1 N–H and O–H groups in total. The van der Waals surface area contributed by atoms with Gasteiger partial charge in [-0.25, -0.2) is 9.37 Å². The maximum absolute atomic E-state index is 13.2. The van der Waals surface area contributed by atoms with E-state index >= 15 is 0 Å². The van der Waals surface area contributed by atoms with Gasteiger partial charge in [0.2, 0.25) is 0 Å². The quantitative estimate of drug-likeness (QED) is 0.854. The highest BCUT2D eigenvalue weighted by atomic mass is 32.2. The fourth-order valence-corrected chi connectivity index (χ4v) is 3.91. The van der Waals surface area contributed by atoms with E-state index in [2.05, 4.69) is 4.98 Å². The smallest absolute Gasteiger partial charge is 0.308 e. The van der Waals surface area contributed by atoms with Gasteiger partial charge in [-0.15, -0.1) is 11.3 Å². The first kappa shape index (κ1) is 15.5. The van der Waals surface area contributed by atoms with Crippen LogP contribution in [0.15, 0.2) is 22.5 Å². The predicted octanol–water partition coefficient (Wildman–Crippen LogP) is 3.38. The number of rotatable bonds is 5. The molecule has 21 heavy (non-hydrogen) atoms.